The normalized spacial score (nSPS) is 12.7. The fraction of sp³-hybridized carbons (Fsp3) is 0.0400. The molecule has 0 spiro atoms. The second kappa shape index (κ2) is 6.68. The van der Waals surface area contributed by atoms with E-state index in [0.717, 1.165) is 44.4 Å². The molecule has 0 bridgehead atoms. The van der Waals surface area contributed by atoms with Crippen LogP contribution in [0.2, 0.25) is 0 Å². The van der Waals surface area contributed by atoms with Crippen LogP contribution in [0.15, 0.2) is 84.4 Å². The molecule has 0 saturated carbocycles. The molecular weight excluding hydrogens is 390 g/mol. The van der Waals surface area contributed by atoms with Crippen molar-refractivity contribution in [1.29, 1.82) is 0 Å². The first-order chi connectivity index (χ1) is 14.8. The van der Waals surface area contributed by atoms with E-state index < -0.39 is 0 Å². The molecule has 1 amide bonds. The summed E-state index contributed by atoms with van der Waals surface area (Å²) in [5.74, 6) is -0.370. The lowest BCUT2D eigenvalue weighted by atomic mass is 9.96. The number of aromatic nitrogens is 2. The molecule has 1 aliphatic carbocycles. The van der Waals surface area contributed by atoms with Crippen LogP contribution in [-0.4, -0.2) is 15.9 Å². The quantitative estimate of drug-likeness (QED) is 0.383. The van der Waals surface area contributed by atoms with Gasteiger partial charge in [-0.25, -0.2) is 4.98 Å². The number of fused-ring (bicyclic) bond motifs is 4. The molecule has 4 nitrogen and oxygen atoms in total. The summed E-state index contributed by atoms with van der Waals surface area (Å²) < 4.78 is 0. The average Bonchev–Trinajstić information content (AvgIpc) is 3.49. The molecule has 3 aromatic carbocycles. The lowest BCUT2D eigenvalue weighted by Gasteiger charge is -2.12. The number of rotatable bonds is 3. The molecule has 0 fully saturated rings. The van der Waals surface area contributed by atoms with Crippen molar-refractivity contribution in [3.05, 3.63) is 95.5 Å². The molecule has 30 heavy (non-hydrogen) atoms. The zero-order valence-corrected chi connectivity index (χ0v) is 16.7. The largest absolute Gasteiger partial charge is 0.360 e. The number of aromatic amines is 1. The number of carbonyl (C=O) groups is 1. The number of nitrogens with zero attached hydrogens (tertiary/aromatic N) is 1. The van der Waals surface area contributed by atoms with E-state index in [2.05, 4.69) is 28.5 Å². The zero-order valence-electron chi connectivity index (χ0n) is 15.9. The third-order valence-electron chi connectivity index (χ3n) is 5.70. The Balaban J connectivity index is 1.33. The van der Waals surface area contributed by atoms with Gasteiger partial charge in [-0.1, -0.05) is 66.7 Å². The van der Waals surface area contributed by atoms with E-state index in [1.54, 1.807) is 0 Å². The monoisotopic (exact) mass is 407 g/mol. The maximum atomic E-state index is 13.3. The number of benzene rings is 3. The summed E-state index contributed by atoms with van der Waals surface area (Å²) in [6.45, 7) is 0. The summed E-state index contributed by atoms with van der Waals surface area (Å²) in [6.07, 6.45) is 1.97. The van der Waals surface area contributed by atoms with Crippen molar-refractivity contribution in [3.63, 3.8) is 0 Å². The fourth-order valence-corrected chi connectivity index (χ4v) is 5.07. The van der Waals surface area contributed by atoms with Crippen LogP contribution in [0.3, 0.4) is 0 Å². The Bertz CT molecular complexity index is 1370. The third-order valence-corrected chi connectivity index (χ3v) is 6.45. The highest BCUT2D eigenvalue weighted by atomic mass is 32.1. The highest BCUT2D eigenvalue weighted by molar-refractivity contribution is 7.14. The molecule has 0 unspecified atom stereocenters. The highest BCUT2D eigenvalue weighted by Crippen LogP contribution is 2.45. The molecule has 2 aromatic heterocycles. The number of amides is 1. The van der Waals surface area contributed by atoms with Gasteiger partial charge in [-0.2, -0.15) is 0 Å². The molecule has 0 saturated heterocycles. The van der Waals surface area contributed by atoms with Crippen LogP contribution < -0.4 is 5.32 Å². The number of H-pyrrole nitrogens is 1. The van der Waals surface area contributed by atoms with E-state index >= 15 is 0 Å². The van der Waals surface area contributed by atoms with Gasteiger partial charge in [-0.15, -0.1) is 11.3 Å². The molecule has 5 heteroatoms. The van der Waals surface area contributed by atoms with Gasteiger partial charge in [0.25, 0.3) is 0 Å². The first-order valence-corrected chi connectivity index (χ1v) is 10.7. The van der Waals surface area contributed by atoms with Crippen LogP contribution in [0, 0.1) is 0 Å². The predicted octanol–water partition coefficient (Wildman–Crippen LogP) is 6.04. The standard InChI is InChI=1S/C25H17N3OS/c29-24(23-18-10-3-1-7-15(18)16-8-2-4-11-19(16)23)28-25-27-22(14-30-25)20-13-26-21-12-6-5-9-17(20)21/h1-14,23,26H,(H,27,28,29). The second-order valence-electron chi connectivity index (χ2n) is 7.38. The number of carbonyl (C=O) groups excluding carboxylic acids is 1. The van der Waals surface area contributed by atoms with E-state index in [9.17, 15) is 4.79 Å². The molecule has 1 aliphatic rings. The number of nitrogens with one attached hydrogen (secondary N) is 2. The van der Waals surface area contributed by atoms with Crippen molar-refractivity contribution >= 4 is 33.3 Å². The van der Waals surface area contributed by atoms with Gasteiger partial charge < -0.3 is 10.3 Å². The Hall–Kier alpha value is -3.70. The molecule has 2 N–H and O–H groups in total. The van der Waals surface area contributed by atoms with Crippen molar-refractivity contribution in [2.45, 2.75) is 5.92 Å². The maximum Gasteiger partial charge on any atom is 0.238 e. The van der Waals surface area contributed by atoms with Crippen molar-refractivity contribution in [2.75, 3.05) is 5.32 Å². The number of thiazole rings is 1. The average molecular weight is 407 g/mol. The summed E-state index contributed by atoms with van der Waals surface area (Å²) in [5, 5.41) is 6.78. The van der Waals surface area contributed by atoms with Crippen molar-refractivity contribution < 1.29 is 4.79 Å². The summed E-state index contributed by atoms with van der Waals surface area (Å²) in [4.78, 5) is 21.3. The third kappa shape index (κ3) is 2.60. The van der Waals surface area contributed by atoms with Crippen LogP contribution in [0.25, 0.3) is 33.3 Å². The molecular formula is C25H17N3OS. The van der Waals surface area contributed by atoms with Crippen LogP contribution >= 0.6 is 11.3 Å². The van der Waals surface area contributed by atoms with Gasteiger partial charge in [0.1, 0.15) is 0 Å². The van der Waals surface area contributed by atoms with Gasteiger partial charge in [0, 0.05) is 28.0 Å². The van der Waals surface area contributed by atoms with Crippen LogP contribution in [0.5, 0.6) is 0 Å². The minimum atomic E-state index is -0.321. The van der Waals surface area contributed by atoms with Crippen molar-refractivity contribution in [3.8, 4) is 22.4 Å². The Morgan fingerprint density at radius 1 is 0.867 bits per heavy atom. The molecule has 2 heterocycles. The minimum absolute atomic E-state index is 0.0489. The van der Waals surface area contributed by atoms with Crippen LogP contribution in [-0.2, 0) is 4.79 Å². The van der Waals surface area contributed by atoms with Gasteiger partial charge in [-0.3, -0.25) is 4.79 Å². The smallest absolute Gasteiger partial charge is 0.238 e. The Labute approximate surface area is 177 Å². The number of para-hydroxylation sites is 1. The van der Waals surface area contributed by atoms with E-state index in [4.69, 9.17) is 4.98 Å². The van der Waals surface area contributed by atoms with Crippen LogP contribution in [0.1, 0.15) is 17.0 Å². The topological polar surface area (TPSA) is 57.8 Å². The lowest BCUT2D eigenvalue weighted by Crippen LogP contribution is -2.20. The summed E-state index contributed by atoms with van der Waals surface area (Å²) >= 11 is 1.45. The molecule has 0 aliphatic heterocycles. The maximum absolute atomic E-state index is 13.3. The summed E-state index contributed by atoms with van der Waals surface area (Å²) in [7, 11) is 0. The second-order valence-corrected chi connectivity index (χ2v) is 8.24. The van der Waals surface area contributed by atoms with Gasteiger partial charge in [0.15, 0.2) is 5.13 Å². The van der Waals surface area contributed by atoms with E-state index in [1.807, 2.05) is 66.2 Å². The van der Waals surface area contributed by atoms with Gasteiger partial charge in [-0.05, 0) is 28.3 Å². The number of hydrogen-bond acceptors (Lipinski definition) is 3. The minimum Gasteiger partial charge on any atom is -0.360 e. The van der Waals surface area contributed by atoms with E-state index in [0.29, 0.717) is 5.13 Å². The molecule has 0 atom stereocenters. The zero-order chi connectivity index (χ0) is 20.1. The van der Waals surface area contributed by atoms with E-state index in [-0.39, 0.29) is 11.8 Å². The Kier molecular flexibility index (Phi) is 3.82. The SMILES string of the molecule is O=C(Nc1nc(-c2c[nH]c3ccccc23)cs1)C1c2ccccc2-c2ccccc21. The first-order valence-electron chi connectivity index (χ1n) is 9.81. The van der Waals surface area contributed by atoms with Crippen molar-refractivity contribution in [2.24, 2.45) is 0 Å². The number of anilines is 1. The van der Waals surface area contributed by atoms with Crippen LogP contribution in [0.4, 0.5) is 5.13 Å². The first kappa shape index (κ1) is 17.2. The van der Waals surface area contributed by atoms with Gasteiger partial charge in [0.2, 0.25) is 5.91 Å². The summed E-state index contributed by atoms with van der Waals surface area (Å²) in [6, 6.07) is 24.4. The molecule has 0 radical (unpaired) electrons. The van der Waals surface area contributed by atoms with E-state index in [1.165, 1.54) is 11.3 Å². The predicted molar refractivity (Wildman–Crippen MR) is 122 cm³/mol. The lowest BCUT2D eigenvalue weighted by molar-refractivity contribution is -0.116. The van der Waals surface area contributed by atoms with Crippen molar-refractivity contribution in [1.82, 2.24) is 9.97 Å². The molecule has 144 valence electrons. The Morgan fingerprint density at radius 3 is 2.30 bits per heavy atom. The number of hydrogen-bond donors (Lipinski definition) is 2. The molecule has 6 rings (SSSR count). The fourth-order valence-electron chi connectivity index (χ4n) is 4.35. The molecule has 5 aromatic rings. The summed E-state index contributed by atoms with van der Waals surface area (Å²) in [5.41, 5.74) is 7.33. The highest BCUT2D eigenvalue weighted by Gasteiger charge is 2.33. The van der Waals surface area contributed by atoms with Gasteiger partial charge >= 0.3 is 0 Å². The van der Waals surface area contributed by atoms with Gasteiger partial charge in [0.05, 0.1) is 11.6 Å². The Morgan fingerprint density at radius 2 is 1.53 bits per heavy atom.